The average Bonchev–Trinajstić information content (AvgIpc) is 2.41. The Labute approximate surface area is 121 Å². The SMILES string of the molecule is COc1ccc(C)c(C2(O)CC3CCCC(C2)N3C)c1. The molecule has 2 atom stereocenters. The van der Waals surface area contributed by atoms with Crippen LogP contribution in [0, 0.1) is 6.92 Å². The van der Waals surface area contributed by atoms with Crippen molar-refractivity contribution in [3.05, 3.63) is 29.3 Å². The first-order valence-electron chi connectivity index (χ1n) is 7.63. The molecule has 2 aliphatic heterocycles. The maximum atomic E-state index is 11.3. The van der Waals surface area contributed by atoms with Crippen LogP contribution in [0.1, 0.15) is 43.2 Å². The van der Waals surface area contributed by atoms with Crippen LogP contribution < -0.4 is 4.74 Å². The van der Waals surface area contributed by atoms with Crippen molar-refractivity contribution in [2.75, 3.05) is 14.2 Å². The van der Waals surface area contributed by atoms with E-state index >= 15 is 0 Å². The molecule has 2 bridgehead atoms. The van der Waals surface area contributed by atoms with Crippen LogP contribution in [0.5, 0.6) is 5.75 Å². The van der Waals surface area contributed by atoms with Gasteiger partial charge in [-0.3, -0.25) is 0 Å². The van der Waals surface area contributed by atoms with Crippen LogP contribution >= 0.6 is 0 Å². The van der Waals surface area contributed by atoms with Crippen LogP contribution in [0.4, 0.5) is 0 Å². The van der Waals surface area contributed by atoms with Gasteiger partial charge in [0.2, 0.25) is 0 Å². The minimum absolute atomic E-state index is 0.512. The van der Waals surface area contributed by atoms with Crippen LogP contribution in [-0.2, 0) is 5.60 Å². The van der Waals surface area contributed by atoms with Gasteiger partial charge in [-0.15, -0.1) is 0 Å². The predicted molar refractivity (Wildman–Crippen MR) is 80.1 cm³/mol. The zero-order chi connectivity index (χ0) is 14.3. The summed E-state index contributed by atoms with van der Waals surface area (Å²) in [7, 11) is 3.90. The summed E-state index contributed by atoms with van der Waals surface area (Å²) in [6.07, 6.45) is 5.39. The Morgan fingerprint density at radius 3 is 2.50 bits per heavy atom. The Balaban J connectivity index is 1.96. The van der Waals surface area contributed by atoms with Crippen LogP contribution in [0.25, 0.3) is 0 Å². The van der Waals surface area contributed by atoms with Crippen LogP contribution in [-0.4, -0.2) is 36.2 Å². The number of rotatable bonds is 2. The van der Waals surface area contributed by atoms with E-state index in [0.717, 1.165) is 29.7 Å². The van der Waals surface area contributed by atoms with E-state index in [-0.39, 0.29) is 0 Å². The molecule has 1 aromatic carbocycles. The topological polar surface area (TPSA) is 32.7 Å². The van der Waals surface area contributed by atoms with E-state index < -0.39 is 5.60 Å². The molecule has 2 fully saturated rings. The number of hydrogen-bond acceptors (Lipinski definition) is 3. The number of nitrogens with zero attached hydrogens (tertiary/aromatic N) is 1. The number of ether oxygens (including phenoxy) is 1. The van der Waals surface area contributed by atoms with E-state index in [0.29, 0.717) is 12.1 Å². The maximum Gasteiger partial charge on any atom is 0.119 e. The Bertz CT molecular complexity index is 486. The van der Waals surface area contributed by atoms with Crippen molar-refractivity contribution in [2.45, 2.75) is 56.7 Å². The van der Waals surface area contributed by atoms with Gasteiger partial charge in [-0.05, 0) is 62.9 Å². The Morgan fingerprint density at radius 2 is 1.90 bits per heavy atom. The molecule has 3 nitrogen and oxygen atoms in total. The molecule has 2 unspecified atom stereocenters. The second kappa shape index (κ2) is 5.05. The molecule has 2 saturated heterocycles. The van der Waals surface area contributed by atoms with E-state index in [2.05, 4.69) is 24.9 Å². The highest BCUT2D eigenvalue weighted by atomic mass is 16.5. The number of aryl methyl sites for hydroxylation is 1. The smallest absolute Gasteiger partial charge is 0.119 e. The largest absolute Gasteiger partial charge is 0.497 e. The van der Waals surface area contributed by atoms with Gasteiger partial charge in [0.25, 0.3) is 0 Å². The summed E-state index contributed by atoms with van der Waals surface area (Å²) in [5.74, 6) is 0.836. The van der Waals surface area contributed by atoms with Crippen molar-refractivity contribution in [3.8, 4) is 5.75 Å². The highest BCUT2D eigenvalue weighted by Crippen LogP contribution is 2.45. The fraction of sp³-hybridized carbons (Fsp3) is 0.647. The van der Waals surface area contributed by atoms with Crippen molar-refractivity contribution in [3.63, 3.8) is 0 Å². The second-order valence-electron chi connectivity index (χ2n) is 6.52. The van der Waals surface area contributed by atoms with Crippen LogP contribution in [0.2, 0.25) is 0 Å². The first kappa shape index (κ1) is 13.9. The van der Waals surface area contributed by atoms with Gasteiger partial charge in [-0.2, -0.15) is 0 Å². The zero-order valence-corrected chi connectivity index (χ0v) is 12.7. The summed E-state index contributed by atoms with van der Waals surface area (Å²) >= 11 is 0. The van der Waals surface area contributed by atoms with Gasteiger partial charge in [-0.25, -0.2) is 0 Å². The molecule has 0 amide bonds. The van der Waals surface area contributed by atoms with Crippen LogP contribution in [0.15, 0.2) is 18.2 Å². The lowest BCUT2D eigenvalue weighted by molar-refractivity contribution is -0.0878. The molecule has 1 aromatic rings. The molecule has 2 aliphatic rings. The molecule has 110 valence electrons. The van der Waals surface area contributed by atoms with Crippen molar-refractivity contribution in [1.82, 2.24) is 4.90 Å². The van der Waals surface area contributed by atoms with E-state index in [9.17, 15) is 5.11 Å². The van der Waals surface area contributed by atoms with Gasteiger partial charge >= 0.3 is 0 Å². The van der Waals surface area contributed by atoms with Gasteiger partial charge < -0.3 is 14.7 Å². The number of methoxy groups -OCH3 is 1. The Morgan fingerprint density at radius 1 is 1.25 bits per heavy atom. The molecule has 3 heteroatoms. The molecular weight excluding hydrogens is 250 g/mol. The van der Waals surface area contributed by atoms with E-state index in [1.807, 2.05) is 12.1 Å². The lowest BCUT2D eigenvalue weighted by atomic mass is 9.72. The zero-order valence-electron chi connectivity index (χ0n) is 12.7. The lowest BCUT2D eigenvalue weighted by Gasteiger charge is -2.51. The number of fused-ring (bicyclic) bond motifs is 2. The molecule has 20 heavy (non-hydrogen) atoms. The van der Waals surface area contributed by atoms with Gasteiger partial charge in [0.15, 0.2) is 0 Å². The van der Waals surface area contributed by atoms with E-state index in [1.165, 1.54) is 19.3 Å². The number of benzene rings is 1. The third-order valence-corrected chi connectivity index (χ3v) is 5.32. The van der Waals surface area contributed by atoms with Crippen LogP contribution in [0.3, 0.4) is 0 Å². The number of hydrogen-bond donors (Lipinski definition) is 1. The molecule has 0 spiro atoms. The van der Waals surface area contributed by atoms with Crippen molar-refractivity contribution in [2.24, 2.45) is 0 Å². The second-order valence-corrected chi connectivity index (χ2v) is 6.52. The fourth-order valence-corrected chi connectivity index (χ4v) is 4.10. The van der Waals surface area contributed by atoms with Gasteiger partial charge in [-0.1, -0.05) is 12.5 Å². The molecule has 1 N–H and O–H groups in total. The van der Waals surface area contributed by atoms with E-state index in [1.54, 1.807) is 7.11 Å². The lowest BCUT2D eigenvalue weighted by Crippen LogP contribution is -2.55. The summed E-state index contributed by atoms with van der Waals surface area (Å²) in [6, 6.07) is 7.07. The quantitative estimate of drug-likeness (QED) is 0.901. The third-order valence-electron chi connectivity index (χ3n) is 5.32. The highest BCUT2D eigenvalue weighted by Gasteiger charge is 2.45. The summed E-state index contributed by atoms with van der Waals surface area (Å²) in [6.45, 7) is 2.08. The maximum absolute atomic E-state index is 11.3. The molecule has 2 heterocycles. The first-order valence-corrected chi connectivity index (χ1v) is 7.63. The summed E-state index contributed by atoms with van der Waals surface area (Å²) in [5, 5.41) is 11.3. The minimum atomic E-state index is -0.694. The van der Waals surface area contributed by atoms with Crippen molar-refractivity contribution >= 4 is 0 Å². The monoisotopic (exact) mass is 275 g/mol. The van der Waals surface area contributed by atoms with Gasteiger partial charge in [0, 0.05) is 12.1 Å². The summed E-state index contributed by atoms with van der Waals surface area (Å²) < 4.78 is 5.34. The minimum Gasteiger partial charge on any atom is -0.497 e. The molecular formula is C17H25NO2. The molecule has 3 rings (SSSR count). The molecule has 0 saturated carbocycles. The van der Waals surface area contributed by atoms with Crippen molar-refractivity contribution < 1.29 is 9.84 Å². The third kappa shape index (κ3) is 2.23. The fourth-order valence-electron chi connectivity index (χ4n) is 4.10. The normalized spacial score (nSPS) is 34.0. The average molecular weight is 275 g/mol. The number of aliphatic hydroxyl groups is 1. The highest BCUT2D eigenvalue weighted by molar-refractivity contribution is 5.39. The number of piperidine rings is 2. The molecule has 0 aromatic heterocycles. The van der Waals surface area contributed by atoms with E-state index in [4.69, 9.17) is 4.74 Å². The van der Waals surface area contributed by atoms with Gasteiger partial charge in [0.05, 0.1) is 12.7 Å². The predicted octanol–water partition coefficient (Wildman–Crippen LogP) is 2.84. The Kier molecular flexibility index (Phi) is 3.51. The summed E-state index contributed by atoms with van der Waals surface area (Å²) in [4.78, 5) is 2.48. The first-order chi connectivity index (χ1) is 9.53. The standard InChI is InChI=1S/C17H25NO2/c1-12-7-8-15(20-3)9-16(12)17(19)10-13-5-4-6-14(11-17)18(13)2/h7-9,13-14,19H,4-6,10-11H2,1-3H3. The molecule has 0 aliphatic carbocycles. The Hall–Kier alpha value is -1.06. The van der Waals surface area contributed by atoms with Crippen molar-refractivity contribution in [1.29, 1.82) is 0 Å². The summed E-state index contributed by atoms with van der Waals surface area (Å²) in [5.41, 5.74) is 1.53. The van der Waals surface area contributed by atoms with Gasteiger partial charge in [0.1, 0.15) is 5.75 Å². The molecule has 0 radical (unpaired) electrons.